The molecule has 0 bridgehead atoms. The van der Waals surface area contributed by atoms with Crippen molar-refractivity contribution in [2.75, 3.05) is 0 Å². The number of alkyl halides is 2. The Bertz CT molecular complexity index is 379. The first kappa shape index (κ1) is 11.8. The molecule has 0 aromatic heterocycles. The molecule has 0 atom stereocenters. The molecule has 0 fully saturated rings. The van der Waals surface area contributed by atoms with Gasteiger partial charge in [0.05, 0.1) is 0 Å². The number of rotatable bonds is 1. The van der Waals surface area contributed by atoms with Crippen LogP contribution in [0.1, 0.15) is 23.1 Å². The standard InChI is InChI=1S/C10H7F2IS/c1-7-6-8(4-5-14-13)2-3-9(7)10(11)12/h2-3,6,10H,1H3. The second-order valence-electron chi connectivity index (χ2n) is 2.68. The van der Waals surface area contributed by atoms with E-state index >= 15 is 0 Å². The van der Waals surface area contributed by atoms with Gasteiger partial charge >= 0.3 is 0 Å². The number of benzene rings is 1. The van der Waals surface area contributed by atoms with Crippen LogP contribution >= 0.6 is 30.1 Å². The molecular formula is C10H7F2IS. The van der Waals surface area contributed by atoms with Gasteiger partial charge in [0.25, 0.3) is 6.43 Å². The van der Waals surface area contributed by atoms with Crippen molar-refractivity contribution in [1.82, 2.24) is 0 Å². The van der Waals surface area contributed by atoms with Crippen LogP contribution in [0.15, 0.2) is 18.2 Å². The van der Waals surface area contributed by atoms with Gasteiger partial charge in [-0.2, -0.15) is 0 Å². The molecule has 1 aromatic rings. The zero-order chi connectivity index (χ0) is 10.6. The van der Waals surface area contributed by atoms with Crippen LogP contribution in [0.3, 0.4) is 0 Å². The van der Waals surface area contributed by atoms with Crippen molar-refractivity contribution < 1.29 is 8.78 Å². The Morgan fingerprint density at radius 2 is 2.14 bits per heavy atom. The maximum absolute atomic E-state index is 12.4. The second kappa shape index (κ2) is 5.56. The zero-order valence-electron chi connectivity index (χ0n) is 7.35. The lowest BCUT2D eigenvalue weighted by atomic mass is 10.1. The van der Waals surface area contributed by atoms with Crippen LogP contribution in [0.2, 0.25) is 0 Å². The average molecular weight is 324 g/mol. The highest BCUT2D eigenvalue weighted by atomic mass is 127. The summed E-state index contributed by atoms with van der Waals surface area (Å²) < 4.78 is 24.7. The molecule has 14 heavy (non-hydrogen) atoms. The predicted molar refractivity (Wildman–Crippen MR) is 64.6 cm³/mol. The molecule has 0 saturated heterocycles. The summed E-state index contributed by atoms with van der Waals surface area (Å²) in [6.07, 6.45) is -2.41. The maximum Gasteiger partial charge on any atom is 0.264 e. The molecule has 74 valence electrons. The van der Waals surface area contributed by atoms with E-state index in [0.29, 0.717) is 5.56 Å². The summed E-state index contributed by atoms with van der Waals surface area (Å²) in [5, 5.41) is 2.81. The minimum absolute atomic E-state index is 0.0812. The summed E-state index contributed by atoms with van der Waals surface area (Å²) in [7, 11) is 1.37. The summed E-state index contributed by atoms with van der Waals surface area (Å²) >= 11 is 2.06. The monoisotopic (exact) mass is 324 g/mol. The number of hydrogen-bond acceptors (Lipinski definition) is 1. The fourth-order valence-corrected chi connectivity index (χ4v) is 1.56. The van der Waals surface area contributed by atoms with Crippen LogP contribution in [0.25, 0.3) is 0 Å². The van der Waals surface area contributed by atoms with Gasteiger partial charge in [-0.1, -0.05) is 12.0 Å². The quantitative estimate of drug-likeness (QED) is 0.547. The van der Waals surface area contributed by atoms with Gasteiger partial charge in [0.1, 0.15) is 0 Å². The summed E-state index contributed by atoms with van der Waals surface area (Å²) in [6, 6.07) is 4.73. The van der Waals surface area contributed by atoms with Gasteiger partial charge in [-0.15, -0.1) is 0 Å². The molecule has 0 unspecified atom stereocenters. The lowest BCUT2D eigenvalue weighted by Gasteiger charge is -2.03. The van der Waals surface area contributed by atoms with Crippen LogP contribution in [0.5, 0.6) is 0 Å². The highest BCUT2D eigenvalue weighted by Gasteiger charge is 2.09. The zero-order valence-corrected chi connectivity index (χ0v) is 10.3. The Labute approximate surface area is 98.1 Å². The van der Waals surface area contributed by atoms with Gasteiger partial charge in [0.2, 0.25) is 0 Å². The molecule has 1 aromatic carbocycles. The minimum Gasteiger partial charge on any atom is -0.205 e. The number of halogens is 3. The normalized spacial score (nSPS) is 9.79. The Morgan fingerprint density at radius 3 is 2.64 bits per heavy atom. The minimum atomic E-state index is -2.41. The van der Waals surface area contributed by atoms with Crippen molar-refractivity contribution in [3.8, 4) is 11.2 Å². The molecule has 0 heterocycles. The van der Waals surface area contributed by atoms with Gasteiger partial charge in [-0.05, 0) is 38.8 Å². The first-order chi connectivity index (χ1) is 6.65. The fourth-order valence-electron chi connectivity index (χ4n) is 1.08. The SMILES string of the molecule is Cc1cc(C#CSI)ccc1C(F)F. The average Bonchev–Trinajstić information content (AvgIpc) is 2.14. The molecule has 0 saturated carbocycles. The molecule has 0 spiro atoms. The van der Waals surface area contributed by atoms with E-state index < -0.39 is 6.43 Å². The summed E-state index contributed by atoms with van der Waals surface area (Å²) in [5.74, 6) is 2.86. The van der Waals surface area contributed by atoms with E-state index in [4.69, 9.17) is 0 Å². The van der Waals surface area contributed by atoms with E-state index in [2.05, 4.69) is 32.4 Å². The Kier molecular flexibility index (Phi) is 4.69. The van der Waals surface area contributed by atoms with Gasteiger partial charge in [0.15, 0.2) is 0 Å². The van der Waals surface area contributed by atoms with Gasteiger partial charge in [0, 0.05) is 32.3 Å². The molecule has 0 aliphatic rings. The van der Waals surface area contributed by atoms with Gasteiger partial charge < -0.3 is 0 Å². The largest absolute Gasteiger partial charge is 0.264 e. The molecule has 0 amide bonds. The van der Waals surface area contributed by atoms with E-state index in [1.165, 1.54) is 15.0 Å². The third-order valence-corrected chi connectivity index (χ3v) is 2.58. The lowest BCUT2D eigenvalue weighted by Crippen LogP contribution is -1.89. The number of aryl methyl sites for hydroxylation is 1. The fraction of sp³-hybridized carbons (Fsp3) is 0.200. The highest BCUT2D eigenvalue weighted by Crippen LogP contribution is 2.23. The third-order valence-electron chi connectivity index (χ3n) is 1.74. The molecule has 0 aliphatic heterocycles. The van der Waals surface area contributed by atoms with Crippen LogP contribution in [-0.4, -0.2) is 0 Å². The first-order valence-corrected chi connectivity index (χ1v) is 7.18. The van der Waals surface area contributed by atoms with Crippen molar-refractivity contribution in [3.05, 3.63) is 34.9 Å². The van der Waals surface area contributed by atoms with E-state index in [0.717, 1.165) is 5.56 Å². The predicted octanol–water partition coefficient (Wildman–Crippen LogP) is 4.32. The van der Waals surface area contributed by atoms with E-state index in [1.54, 1.807) is 19.1 Å². The topological polar surface area (TPSA) is 0 Å². The van der Waals surface area contributed by atoms with Crippen molar-refractivity contribution in [2.45, 2.75) is 13.3 Å². The Hall–Kier alpha value is -0.280. The molecule has 1 rings (SSSR count). The molecule has 0 nitrogen and oxygen atoms in total. The molecule has 0 N–H and O–H groups in total. The first-order valence-electron chi connectivity index (χ1n) is 3.82. The van der Waals surface area contributed by atoms with Gasteiger partial charge in [-0.3, -0.25) is 0 Å². The molecule has 4 heteroatoms. The van der Waals surface area contributed by atoms with E-state index in [-0.39, 0.29) is 5.56 Å². The number of hydrogen-bond donors (Lipinski definition) is 0. The summed E-state index contributed by atoms with van der Waals surface area (Å²) in [6.45, 7) is 1.67. The highest BCUT2D eigenvalue weighted by molar-refractivity contribution is 14.2. The van der Waals surface area contributed by atoms with E-state index in [9.17, 15) is 8.78 Å². The van der Waals surface area contributed by atoms with Crippen molar-refractivity contribution >= 4 is 30.1 Å². The van der Waals surface area contributed by atoms with Gasteiger partial charge in [-0.25, -0.2) is 8.78 Å². The Morgan fingerprint density at radius 1 is 1.43 bits per heavy atom. The van der Waals surface area contributed by atoms with Crippen molar-refractivity contribution in [3.63, 3.8) is 0 Å². The maximum atomic E-state index is 12.4. The van der Waals surface area contributed by atoms with Crippen LogP contribution < -0.4 is 0 Å². The summed E-state index contributed by atoms with van der Waals surface area (Å²) in [4.78, 5) is 0. The summed E-state index contributed by atoms with van der Waals surface area (Å²) in [5.41, 5.74) is 1.44. The van der Waals surface area contributed by atoms with Crippen molar-refractivity contribution in [2.24, 2.45) is 0 Å². The van der Waals surface area contributed by atoms with E-state index in [1.807, 2.05) is 0 Å². The van der Waals surface area contributed by atoms with Crippen LogP contribution in [0, 0.1) is 18.1 Å². The van der Waals surface area contributed by atoms with Crippen LogP contribution in [0.4, 0.5) is 8.78 Å². The second-order valence-corrected chi connectivity index (χ2v) is 4.36. The van der Waals surface area contributed by atoms with Crippen LogP contribution in [-0.2, 0) is 0 Å². The molecule has 0 radical (unpaired) electrons. The molecular weight excluding hydrogens is 317 g/mol. The smallest absolute Gasteiger partial charge is 0.205 e. The molecule has 0 aliphatic carbocycles. The third kappa shape index (κ3) is 3.14. The lowest BCUT2D eigenvalue weighted by molar-refractivity contribution is 0.150. The Balaban J connectivity index is 3.00. The van der Waals surface area contributed by atoms with Crippen molar-refractivity contribution in [1.29, 1.82) is 0 Å².